The Balaban J connectivity index is 1.89. The summed E-state index contributed by atoms with van der Waals surface area (Å²) >= 11 is 0. The molecule has 0 bridgehead atoms. The summed E-state index contributed by atoms with van der Waals surface area (Å²) in [4.78, 5) is 28.0. The fourth-order valence-electron chi connectivity index (χ4n) is 4.08. The molecular formula is C28H27NO5. The molecule has 0 radical (unpaired) electrons. The normalized spacial score (nSPS) is 17.1. The number of aliphatic hydroxyl groups excluding tert-OH is 1. The van der Waals surface area contributed by atoms with Gasteiger partial charge >= 0.3 is 0 Å². The second-order valence-corrected chi connectivity index (χ2v) is 7.97. The molecule has 0 saturated carbocycles. The van der Waals surface area contributed by atoms with Crippen molar-refractivity contribution in [1.29, 1.82) is 0 Å². The van der Waals surface area contributed by atoms with Crippen LogP contribution in [0.25, 0.3) is 5.76 Å². The monoisotopic (exact) mass is 457 g/mol. The fraction of sp³-hybridized carbons (Fsp3) is 0.214. The molecule has 3 aromatic rings. The van der Waals surface area contributed by atoms with Crippen LogP contribution in [-0.4, -0.2) is 30.0 Å². The molecule has 4 rings (SSSR count). The van der Waals surface area contributed by atoms with Gasteiger partial charge in [-0.15, -0.1) is 0 Å². The Kier molecular flexibility index (Phi) is 6.68. The molecule has 6 nitrogen and oxygen atoms in total. The number of Topliss-reactive ketones (excluding diaryl/α,β-unsaturated/α-hetero) is 1. The lowest BCUT2D eigenvalue weighted by Gasteiger charge is -2.26. The number of benzene rings is 3. The van der Waals surface area contributed by atoms with Crippen LogP contribution in [0.5, 0.6) is 11.5 Å². The predicted octanol–water partition coefficient (Wildman–Crippen LogP) is 5.42. The molecule has 1 aliphatic rings. The van der Waals surface area contributed by atoms with Gasteiger partial charge in [0.15, 0.2) is 0 Å². The number of ketones is 1. The van der Waals surface area contributed by atoms with Gasteiger partial charge in [-0.2, -0.15) is 0 Å². The zero-order valence-corrected chi connectivity index (χ0v) is 19.4. The van der Waals surface area contributed by atoms with Gasteiger partial charge in [0.2, 0.25) is 0 Å². The molecule has 0 spiro atoms. The van der Waals surface area contributed by atoms with Crippen molar-refractivity contribution < 1.29 is 24.2 Å². The molecule has 6 heteroatoms. The Morgan fingerprint density at radius 2 is 1.53 bits per heavy atom. The highest BCUT2D eigenvalue weighted by Crippen LogP contribution is 2.43. The van der Waals surface area contributed by atoms with Crippen molar-refractivity contribution in [2.24, 2.45) is 0 Å². The smallest absolute Gasteiger partial charge is 0.300 e. The van der Waals surface area contributed by atoms with E-state index in [1.54, 1.807) is 48.5 Å². The van der Waals surface area contributed by atoms with E-state index in [1.807, 2.05) is 45.0 Å². The molecule has 34 heavy (non-hydrogen) atoms. The van der Waals surface area contributed by atoms with Gasteiger partial charge in [0.25, 0.3) is 11.7 Å². The minimum Gasteiger partial charge on any atom is -0.507 e. The Morgan fingerprint density at radius 3 is 2.18 bits per heavy atom. The number of aliphatic hydroxyl groups is 1. The quantitative estimate of drug-likeness (QED) is 0.291. The molecule has 1 saturated heterocycles. The zero-order chi connectivity index (χ0) is 24.2. The summed E-state index contributed by atoms with van der Waals surface area (Å²) in [7, 11) is 0. The van der Waals surface area contributed by atoms with E-state index < -0.39 is 17.7 Å². The summed E-state index contributed by atoms with van der Waals surface area (Å²) in [5.41, 5.74) is 2.73. The van der Waals surface area contributed by atoms with Crippen molar-refractivity contribution >= 4 is 23.1 Å². The van der Waals surface area contributed by atoms with Crippen molar-refractivity contribution in [3.63, 3.8) is 0 Å². The number of hydrogen-bond acceptors (Lipinski definition) is 5. The summed E-state index contributed by atoms with van der Waals surface area (Å²) in [6, 6.07) is 20.6. The van der Waals surface area contributed by atoms with Gasteiger partial charge in [0.05, 0.1) is 24.8 Å². The van der Waals surface area contributed by atoms with Crippen LogP contribution in [0.1, 0.15) is 36.6 Å². The number of aryl methyl sites for hydroxylation is 1. The molecule has 1 unspecified atom stereocenters. The van der Waals surface area contributed by atoms with E-state index in [0.717, 1.165) is 5.56 Å². The summed E-state index contributed by atoms with van der Waals surface area (Å²) in [6.45, 7) is 6.71. The minimum atomic E-state index is -0.811. The van der Waals surface area contributed by atoms with Crippen LogP contribution >= 0.6 is 0 Å². The minimum absolute atomic E-state index is 0.0415. The Hall–Kier alpha value is -4.06. The summed E-state index contributed by atoms with van der Waals surface area (Å²) in [6.07, 6.45) is 0. The Bertz CT molecular complexity index is 1230. The molecule has 3 aromatic carbocycles. The van der Waals surface area contributed by atoms with Crippen LogP contribution in [0.4, 0.5) is 5.69 Å². The lowest BCUT2D eigenvalue weighted by atomic mass is 9.95. The van der Waals surface area contributed by atoms with Crippen molar-refractivity contribution in [1.82, 2.24) is 0 Å². The molecule has 1 fully saturated rings. The van der Waals surface area contributed by atoms with Crippen molar-refractivity contribution in [3.8, 4) is 11.5 Å². The maximum atomic E-state index is 13.3. The summed E-state index contributed by atoms with van der Waals surface area (Å²) < 4.78 is 11.2. The third-order valence-corrected chi connectivity index (χ3v) is 5.68. The molecule has 0 aromatic heterocycles. The fourth-order valence-corrected chi connectivity index (χ4v) is 4.08. The van der Waals surface area contributed by atoms with Gasteiger partial charge in [-0.1, -0.05) is 48.0 Å². The SMILES string of the molecule is CCOc1ccc(C2/C(=C(\O)c3ccc(C)cc3)C(=O)C(=O)N2c2cccc(OCC)c2)cc1. The number of anilines is 1. The molecule has 1 heterocycles. The van der Waals surface area contributed by atoms with Crippen LogP contribution in [0.15, 0.2) is 78.4 Å². The van der Waals surface area contributed by atoms with E-state index in [4.69, 9.17) is 9.47 Å². The maximum Gasteiger partial charge on any atom is 0.300 e. The average molecular weight is 458 g/mol. The highest BCUT2D eigenvalue weighted by molar-refractivity contribution is 6.51. The van der Waals surface area contributed by atoms with Gasteiger partial charge in [-0.25, -0.2) is 0 Å². The molecular weight excluding hydrogens is 430 g/mol. The first-order valence-corrected chi connectivity index (χ1v) is 11.3. The maximum absolute atomic E-state index is 13.3. The number of ether oxygens (including phenoxy) is 2. The Morgan fingerprint density at radius 1 is 0.882 bits per heavy atom. The highest BCUT2D eigenvalue weighted by atomic mass is 16.5. The van der Waals surface area contributed by atoms with Gasteiger partial charge in [-0.05, 0) is 50.6 Å². The van der Waals surface area contributed by atoms with Crippen LogP contribution < -0.4 is 14.4 Å². The average Bonchev–Trinajstić information content (AvgIpc) is 3.11. The van der Waals surface area contributed by atoms with Gasteiger partial charge in [-0.3, -0.25) is 14.5 Å². The first kappa shape index (κ1) is 23.1. The molecule has 1 N–H and O–H groups in total. The van der Waals surface area contributed by atoms with Crippen molar-refractivity contribution in [2.75, 3.05) is 18.1 Å². The van der Waals surface area contributed by atoms with Gasteiger partial charge in [0, 0.05) is 17.3 Å². The zero-order valence-electron chi connectivity index (χ0n) is 19.4. The molecule has 1 atom stereocenters. The topological polar surface area (TPSA) is 76.1 Å². The van der Waals surface area contributed by atoms with Gasteiger partial charge in [0.1, 0.15) is 17.3 Å². The molecule has 0 aliphatic carbocycles. The van der Waals surface area contributed by atoms with Gasteiger partial charge < -0.3 is 14.6 Å². The summed E-state index contributed by atoms with van der Waals surface area (Å²) in [5.74, 6) is -0.383. The van der Waals surface area contributed by atoms with E-state index >= 15 is 0 Å². The molecule has 1 amide bonds. The van der Waals surface area contributed by atoms with Crippen LogP contribution in [0.3, 0.4) is 0 Å². The lowest BCUT2D eigenvalue weighted by molar-refractivity contribution is -0.132. The van der Waals surface area contributed by atoms with E-state index in [0.29, 0.717) is 41.5 Å². The predicted molar refractivity (Wildman–Crippen MR) is 131 cm³/mol. The van der Waals surface area contributed by atoms with E-state index in [9.17, 15) is 14.7 Å². The first-order valence-electron chi connectivity index (χ1n) is 11.3. The summed E-state index contributed by atoms with van der Waals surface area (Å²) in [5, 5.41) is 11.2. The number of amides is 1. The van der Waals surface area contributed by atoms with E-state index in [1.165, 1.54) is 4.90 Å². The van der Waals surface area contributed by atoms with Crippen molar-refractivity contribution in [3.05, 3.63) is 95.1 Å². The number of carbonyl (C=O) groups is 2. The van der Waals surface area contributed by atoms with E-state index in [-0.39, 0.29) is 11.3 Å². The largest absolute Gasteiger partial charge is 0.507 e. The number of hydrogen-bond donors (Lipinski definition) is 1. The second kappa shape index (κ2) is 9.83. The lowest BCUT2D eigenvalue weighted by Crippen LogP contribution is -2.29. The van der Waals surface area contributed by atoms with Crippen molar-refractivity contribution in [2.45, 2.75) is 26.8 Å². The first-order chi connectivity index (χ1) is 16.4. The Labute approximate surface area is 199 Å². The molecule has 1 aliphatic heterocycles. The van der Waals surface area contributed by atoms with Crippen LogP contribution in [0, 0.1) is 6.92 Å². The number of carbonyl (C=O) groups excluding carboxylic acids is 2. The molecule has 174 valence electrons. The number of nitrogens with zero attached hydrogens (tertiary/aromatic N) is 1. The number of rotatable bonds is 7. The third kappa shape index (κ3) is 4.39. The highest BCUT2D eigenvalue weighted by Gasteiger charge is 2.47. The van der Waals surface area contributed by atoms with Crippen LogP contribution in [0.2, 0.25) is 0 Å². The standard InChI is InChI=1S/C28H27NO5/c1-4-33-22-15-13-19(14-16-22)25-24(26(30)20-11-9-18(3)10-12-20)27(31)28(32)29(25)21-7-6-8-23(17-21)34-5-2/h6-17,25,30H,4-5H2,1-3H3/b26-24+. The third-order valence-electron chi connectivity index (χ3n) is 5.68. The van der Waals surface area contributed by atoms with Crippen LogP contribution in [-0.2, 0) is 9.59 Å². The second-order valence-electron chi connectivity index (χ2n) is 7.97. The van der Waals surface area contributed by atoms with E-state index in [2.05, 4.69) is 0 Å².